The SMILES string of the molecule is C[Si](C)(C)OCC1OC(n2cnc3c(O[Si](C)(C)C)ncnc32)C(O[Si](C)(C)C)C1O[Si](C)(C)C. The lowest BCUT2D eigenvalue weighted by Crippen LogP contribution is -2.48. The Kier molecular flexibility index (Phi) is 8.24. The molecule has 0 N–H and O–H groups in total. The van der Waals surface area contributed by atoms with E-state index in [1.54, 1.807) is 6.33 Å². The van der Waals surface area contributed by atoms with Gasteiger partial charge in [-0.3, -0.25) is 4.57 Å². The first-order chi connectivity index (χ1) is 15.8. The molecule has 13 heteroatoms. The van der Waals surface area contributed by atoms with Gasteiger partial charge in [0.2, 0.25) is 14.2 Å². The Morgan fingerprint density at radius 1 is 0.771 bits per heavy atom. The maximum absolute atomic E-state index is 6.77. The van der Waals surface area contributed by atoms with Crippen LogP contribution in [0.2, 0.25) is 78.6 Å². The number of aromatic nitrogens is 4. The predicted molar refractivity (Wildman–Crippen MR) is 149 cm³/mol. The molecule has 0 aromatic carbocycles. The molecule has 4 atom stereocenters. The average Bonchev–Trinajstić information content (AvgIpc) is 3.19. The molecule has 1 fully saturated rings. The summed E-state index contributed by atoms with van der Waals surface area (Å²) in [4.78, 5) is 13.6. The first kappa shape index (κ1) is 28.6. The Labute approximate surface area is 214 Å². The first-order valence-corrected chi connectivity index (χ1v) is 26.0. The summed E-state index contributed by atoms with van der Waals surface area (Å²) in [5.74, 6) is 0.516. The molecule has 1 saturated heterocycles. The maximum atomic E-state index is 6.77. The van der Waals surface area contributed by atoms with Crippen LogP contribution in [0.3, 0.4) is 0 Å². The Morgan fingerprint density at radius 3 is 1.91 bits per heavy atom. The first-order valence-electron chi connectivity index (χ1n) is 12.3. The molecule has 3 heterocycles. The molecule has 4 unspecified atom stereocenters. The lowest BCUT2D eigenvalue weighted by atomic mass is 10.1. The van der Waals surface area contributed by atoms with Gasteiger partial charge in [-0.05, 0) is 78.6 Å². The molecule has 0 aliphatic carbocycles. The summed E-state index contributed by atoms with van der Waals surface area (Å²) in [6.07, 6.45) is 2.04. The molecule has 0 radical (unpaired) electrons. The van der Waals surface area contributed by atoms with Crippen LogP contribution in [-0.4, -0.2) is 77.7 Å². The molecule has 0 amide bonds. The van der Waals surface area contributed by atoms with Crippen molar-refractivity contribution in [1.29, 1.82) is 0 Å². The van der Waals surface area contributed by atoms with Crippen LogP contribution < -0.4 is 4.43 Å². The van der Waals surface area contributed by atoms with Gasteiger partial charge < -0.3 is 22.4 Å². The Hall–Kier alpha value is -0.942. The van der Waals surface area contributed by atoms with Crippen LogP contribution in [0.5, 0.6) is 5.88 Å². The Balaban J connectivity index is 2.05. The molecule has 1 aliphatic rings. The van der Waals surface area contributed by atoms with Crippen LogP contribution in [0.1, 0.15) is 6.23 Å². The maximum Gasteiger partial charge on any atom is 0.244 e. The van der Waals surface area contributed by atoms with Crippen LogP contribution >= 0.6 is 0 Å². The second-order valence-electron chi connectivity index (χ2n) is 13.1. The van der Waals surface area contributed by atoms with Crippen molar-refractivity contribution in [3.8, 4) is 5.88 Å². The third-order valence-corrected chi connectivity index (χ3v) is 8.74. The van der Waals surface area contributed by atoms with Crippen molar-refractivity contribution in [3.63, 3.8) is 0 Å². The van der Waals surface area contributed by atoms with Crippen molar-refractivity contribution in [2.75, 3.05) is 6.61 Å². The van der Waals surface area contributed by atoms with E-state index in [2.05, 4.69) is 93.5 Å². The molecule has 0 saturated carbocycles. The minimum Gasteiger partial charge on any atom is -0.530 e. The van der Waals surface area contributed by atoms with Gasteiger partial charge in [0, 0.05) is 0 Å². The quantitative estimate of drug-likeness (QED) is 0.368. The average molecular weight is 557 g/mol. The van der Waals surface area contributed by atoms with Gasteiger partial charge in [-0.25, -0.2) is 15.0 Å². The molecule has 2 aromatic heterocycles. The fourth-order valence-electron chi connectivity index (χ4n) is 3.86. The molecule has 35 heavy (non-hydrogen) atoms. The third-order valence-electron chi connectivity index (χ3n) is 4.95. The fraction of sp³-hybridized carbons (Fsp3) is 0.773. The Morgan fingerprint density at radius 2 is 1.37 bits per heavy atom. The van der Waals surface area contributed by atoms with E-state index in [1.165, 1.54) is 6.33 Å². The van der Waals surface area contributed by atoms with Crippen molar-refractivity contribution in [3.05, 3.63) is 12.7 Å². The van der Waals surface area contributed by atoms with E-state index in [-0.39, 0.29) is 18.3 Å². The molecule has 2 aromatic rings. The van der Waals surface area contributed by atoms with Gasteiger partial charge in [0.1, 0.15) is 24.6 Å². The summed E-state index contributed by atoms with van der Waals surface area (Å²) in [5, 5.41) is 0. The summed E-state index contributed by atoms with van der Waals surface area (Å²) in [7, 11) is -7.50. The third kappa shape index (κ3) is 8.02. The molecule has 198 valence electrons. The number of ether oxygens (including phenoxy) is 1. The van der Waals surface area contributed by atoms with Crippen molar-refractivity contribution in [2.45, 2.75) is 103 Å². The van der Waals surface area contributed by atoms with E-state index < -0.39 is 39.5 Å². The summed E-state index contributed by atoms with van der Waals surface area (Å²) in [5.41, 5.74) is 1.30. The van der Waals surface area contributed by atoms with Gasteiger partial charge >= 0.3 is 0 Å². The summed E-state index contributed by atoms with van der Waals surface area (Å²) < 4.78 is 34.6. The van der Waals surface area contributed by atoms with Crippen LogP contribution in [0.25, 0.3) is 11.2 Å². The minimum atomic E-state index is -1.96. The van der Waals surface area contributed by atoms with Gasteiger partial charge in [-0.1, -0.05) is 0 Å². The lowest BCUT2D eigenvalue weighted by Gasteiger charge is -2.34. The highest BCUT2D eigenvalue weighted by Crippen LogP contribution is 2.39. The molecule has 3 rings (SSSR count). The number of fused-ring (bicyclic) bond motifs is 1. The highest BCUT2D eigenvalue weighted by molar-refractivity contribution is 6.71. The monoisotopic (exact) mass is 556 g/mol. The lowest BCUT2D eigenvalue weighted by molar-refractivity contribution is -0.0457. The van der Waals surface area contributed by atoms with Crippen LogP contribution in [0, 0.1) is 0 Å². The summed E-state index contributed by atoms with van der Waals surface area (Å²) >= 11 is 0. The molecule has 9 nitrogen and oxygen atoms in total. The van der Waals surface area contributed by atoms with Crippen molar-refractivity contribution in [2.24, 2.45) is 0 Å². The smallest absolute Gasteiger partial charge is 0.244 e. The number of rotatable bonds is 10. The van der Waals surface area contributed by atoms with Crippen LogP contribution in [0.15, 0.2) is 12.7 Å². The summed E-state index contributed by atoms with van der Waals surface area (Å²) in [6.45, 7) is 26.6. The second kappa shape index (κ2) is 10.1. The number of nitrogens with zero attached hydrogens (tertiary/aromatic N) is 4. The van der Waals surface area contributed by atoms with Gasteiger partial charge in [0.05, 0.1) is 12.9 Å². The van der Waals surface area contributed by atoms with Gasteiger partial charge in [-0.2, -0.15) is 0 Å². The molecule has 0 bridgehead atoms. The Bertz CT molecular complexity index is 1010. The van der Waals surface area contributed by atoms with Crippen LogP contribution in [0.4, 0.5) is 0 Å². The number of hydrogen-bond acceptors (Lipinski definition) is 8. The molecular weight excluding hydrogens is 513 g/mol. The largest absolute Gasteiger partial charge is 0.530 e. The van der Waals surface area contributed by atoms with Gasteiger partial charge in [0.25, 0.3) is 0 Å². The summed E-state index contributed by atoms with van der Waals surface area (Å²) in [6, 6.07) is 0. The fourth-order valence-corrected chi connectivity index (χ4v) is 7.43. The minimum absolute atomic E-state index is 0.244. The second-order valence-corrected chi connectivity index (χ2v) is 31.0. The number of imidazole rings is 1. The molecule has 1 aliphatic heterocycles. The zero-order chi connectivity index (χ0) is 26.4. The highest BCUT2D eigenvalue weighted by atomic mass is 28.4. The van der Waals surface area contributed by atoms with Crippen LogP contribution in [-0.2, 0) is 18.0 Å². The molecular formula is C22H44N4O5Si4. The van der Waals surface area contributed by atoms with Gasteiger partial charge in [-0.15, -0.1) is 0 Å². The van der Waals surface area contributed by atoms with E-state index in [0.29, 0.717) is 23.7 Å². The van der Waals surface area contributed by atoms with E-state index in [0.717, 1.165) is 0 Å². The zero-order valence-electron chi connectivity index (χ0n) is 23.5. The highest BCUT2D eigenvalue weighted by Gasteiger charge is 2.50. The van der Waals surface area contributed by atoms with E-state index in [1.807, 2.05) is 4.57 Å². The topological polar surface area (TPSA) is 89.8 Å². The van der Waals surface area contributed by atoms with Crippen molar-refractivity contribution in [1.82, 2.24) is 19.5 Å². The van der Waals surface area contributed by atoms with Gasteiger partial charge in [0.15, 0.2) is 42.3 Å². The van der Waals surface area contributed by atoms with E-state index >= 15 is 0 Å². The standard InChI is InChI=1S/C22H44N4O5Si4/c1-32(2,3)27-13-16-18(29-33(4,5)6)19(30-34(7,8)9)22(28-16)26-15-25-17-20(26)23-14-24-21(17)31-35(10,11)12/h14-16,18-19,22H,13H2,1-12H3. The normalized spacial score (nSPS) is 24.3. The number of hydrogen-bond donors (Lipinski definition) is 0. The van der Waals surface area contributed by atoms with Crippen molar-refractivity contribution >= 4 is 44.4 Å². The molecule has 0 spiro atoms. The zero-order valence-corrected chi connectivity index (χ0v) is 27.5. The van der Waals surface area contributed by atoms with E-state index in [9.17, 15) is 0 Å². The predicted octanol–water partition coefficient (Wildman–Crippen LogP) is 5.23. The van der Waals surface area contributed by atoms with Crippen molar-refractivity contribution < 1.29 is 22.4 Å². The van der Waals surface area contributed by atoms with E-state index in [4.69, 9.17) is 22.4 Å².